The van der Waals surface area contributed by atoms with Crippen molar-refractivity contribution in [3.63, 3.8) is 0 Å². The molecule has 0 radical (unpaired) electrons. The van der Waals surface area contributed by atoms with Crippen molar-refractivity contribution in [2.75, 3.05) is 0 Å². The molecule has 0 aliphatic carbocycles. The Morgan fingerprint density at radius 2 is 2.33 bits per heavy atom. The van der Waals surface area contributed by atoms with Crippen LogP contribution in [-0.4, -0.2) is 15.4 Å². The highest BCUT2D eigenvalue weighted by Gasteiger charge is 2.04. The van der Waals surface area contributed by atoms with E-state index < -0.39 is 0 Å². The van der Waals surface area contributed by atoms with Crippen LogP contribution in [0.15, 0.2) is 0 Å². The molecular formula is C7H11ClN2S2. The van der Waals surface area contributed by atoms with E-state index in [1.54, 1.807) is 0 Å². The van der Waals surface area contributed by atoms with Crippen LogP contribution >= 0.6 is 34.7 Å². The molecule has 1 atom stereocenters. The van der Waals surface area contributed by atoms with Crippen LogP contribution in [0.4, 0.5) is 0 Å². The fourth-order valence-corrected chi connectivity index (χ4v) is 2.45. The van der Waals surface area contributed by atoms with Crippen LogP contribution in [0.1, 0.15) is 25.3 Å². The van der Waals surface area contributed by atoms with Gasteiger partial charge in [-0.1, -0.05) is 25.2 Å². The van der Waals surface area contributed by atoms with Crippen LogP contribution in [0.3, 0.4) is 0 Å². The van der Waals surface area contributed by atoms with Crippen LogP contribution in [-0.2, 0) is 5.75 Å². The van der Waals surface area contributed by atoms with Crippen LogP contribution in [0, 0.1) is 0 Å². The zero-order chi connectivity index (χ0) is 8.97. The topological polar surface area (TPSA) is 25.8 Å². The third-order valence-corrected chi connectivity index (χ3v) is 4.05. The van der Waals surface area contributed by atoms with Gasteiger partial charge in [-0.25, -0.2) is 0 Å². The highest BCUT2D eigenvalue weighted by atomic mass is 35.5. The average Bonchev–Trinajstić information content (AvgIpc) is 2.47. The molecule has 0 aromatic carbocycles. The molecule has 12 heavy (non-hydrogen) atoms. The Kier molecular flexibility index (Phi) is 4.32. The predicted octanol–water partition coefficient (Wildman–Crippen LogP) is 3.22. The Balaban J connectivity index is 2.33. The van der Waals surface area contributed by atoms with Gasteiger partial charge in [-0.2, -0.15) is 11.8 Å². The Bertz CT molecular complexity index is 239. The van der Waals surface area contributed by atoms with Crippen molar-refractivity contribution in [1.29, 1.82) is 0 Å². The van der Waals surface area contributed by atoms with Gasteiger partial charge in [0.2, 0.25) is 4.47 Å². The van der Waals surface area contributed by atoms with E-state index in [0.717, 1.165) is 10.8 Å². The van der Waals surface area contributed by atoms with E-state index in [9.17, 15) is 0 Å². The van der Waals surface area contributed by atoms with E-state index >= 15 is 0 Å². The molecule has 68 valence electrons. The number of hydrogen-bond donors (Lipinski definition) is 0. The maximum atomic E-state index is 5.65. The van der Waals surface area contributed by atoms with Crippen LogP contribution in [0.25, 0.3) is 0 Å². The predicted molar refractivity (Wildman–Crippen MR) is 56.0 cm³/mol. The molecular weight excluding hydrogens is 212 g/mol. The van der Waals surface area contributed by atoms with Crippen molar-refractivity contribution < 1.29 is 0 Å². The third kappa shape index (κ3) is 3.29. The molecule has 1 aromatic heterocycles. The third-order valence-electron chi connectivity index (χ3n) is 1.51. The van der Waals surface area contributed by atoms with Gasteiger partial charge in [0.25, 0.3) is 0 Å². The van der Waals surface area contributed by atoms with Gasteiger partial charge in [0, 0.05) is 11.0 Å². The highest BCUT2D eigenvalue weighted by Crippen LogP contribution is 2.23. The van der Waals surface area contributed by atoms with E-state index in [2.05, 4.69) is 24.0 Å². The second-order valence-corrected chi connectivity index (χ2v) is 5.55. The average molecular weight is 223 g/mol. The molecule has 0 aliphatic heterocycles. The molecule has 1 unspecified atom stereocenters. The molecule has 0 spiro atoms. The smallest absolute Gasteiger partial charge is 0.151 e. The molecule has 5 heteroatoms. The molecule has 1 heterocycles. The van der Waals surface area contributed by atoms with Crippen LogP contribution in [0.2, 0.25) is 4.47 Å². The lowest BCUT2D eigenvalue weighted by molar-refractivity contribution is 0.903. The lowest BCUT2D eigenvalue weighted by atomic mass is 10.4. The van der Waals surface area contributed by atoms with Crippen molar-refractivity contribution in [3.8, 4) is 0 Å². The summed E-state index contributed by atoms with van der Waals surface area (Å²) in [6, 6.07) is 0. The van der Waals surface area contributed by atoms with Crippen molar-refractivity contribution in [2.45, 2.75) is 31.3 Å². The largest absolute Gasteiger partial charge is 0.207 e. The second-order valence-electron chi connectivity index (χ2n) is 2.48. The normalized spacial score (nSPS) is 13.2. The molecule has 0 fully saturated rings. The monoisotopic (exact) mass is 222 g/mol. The summed E-state index contributed by atoms with van der Waals surface area (Å²) < 4.78 is 0.537. The molecule has 0 saturated carbocycles. The van der Waals surface area contributed by atoms with Crippen LogP contribution < -0.4 is 0 Å². The molecule has 0 amide bonds. The van der Waals surface area contributed by atoms with Gasteiger partial charge in [-0.15, -0.1) is 10.2 Å². The van der Waals surface area contributed by atoms with Gasteiger partial charge in [-0.3, -0.25) is 0 Å². The minimum Gasteiger partial charge on any atom is -0.151 e. The van der Waals surface area contributed by atoms with Gasteiger partial charge in [-0.05, 0) is 18.0 Å². The minimum atomic E-state index is 0.537. The summed E-state index contributed by atoms with van der Waals surface area (Å²) in [6.45, 7) is 4.40. The molecule has 1 rings (SSSR count). The van der Waals surface area contributed by atoms with Crippen molar-refractivity contribution in [2.24, 2.45) is 0 Å². The summed E-state index contributed by atoms with van der Waals surface area (Å²) >= 11 is 9.00. The number of hydrogen-bond acceptors (Lipinski definition) is 4. The summed E-state index contributed by atoms with van der Waals surface area (Å²) in [6.07, 6.45) is 1.19. The first-order chi connectivity index (χ1) is 5.72. The minimum absolute atomic E-state index is 0.537. The Hall–Kier alpha value is 0.200. The molecule has 2 nitrogen and oxygen atoms in total. The van der Waals surface area contributed by atoms with Gasteiger partial charge in [0.05, 0.1) is 0 Å². The maximum Gasteiger partial charge on any atom is 0.207 e. The summed E-state index contributed by atoms with van der Waals surface area (Å²) in [7, 11) is 0. The highest BCUT2D eigenvalue weighted by molar-refractivity contribution is 7.99. The fraction of sp³-hybridized carbons (Fsp3) is 0.714. The quantitative estimate of drug-likeness (QED) is 0.783. The van der Waals surface area contributed by atoms with E-state index in [1.807, 2.05) is 11.8 Å². The van der Waals surface area contributed by atoms with Crippen LogP contribution in [0.5, 0.6) is 0 Å². The first-order valence-electron chi connectivity index (χ1n) is 3.82. The van der Waals surface area contributed by atoms with E-state index in [1.165, 1.54) is 17.8 Å². The lowest BCUT2D eigenvalue weighted by Gasteiger charge is -2.04. The molecule has 1 aromatic rings. The van der Waals surface area contributed by atoms with E-state index in [-0.39, 0.29) is 0 Å². The first-order valence-corrected chi connectivity index (χ1v) is 6.06. The maximum absolute atomic E-state index is 5.65. The fourth-order valence-electron chi connectivity index (χ4n) is 0.623. The van der Waals surface area contributed by atoms with Crippen molar-refractivity contribution >= 4 is 34.7 Å². The summed E-state index contributed by atoms with van der Waals surface area (Å²) in [5, 5.41) is 9.39. The molecule has 0 bridgehead atoms. The zero-order valence-electron chi connectivity index (χ0n) is 7.08. The first kappa shape index (κ1) is 10.3. The number of nitrogens with zero attached hydrogens (tertiary/aromatic N) is 2. The summed E-state index contributed by atoms with van der Waals surface area (Å²) in [4.78, 5) is 0. The molecule has 0 saturated heterocycles. The Morgan fingerprint density at radius 3 is 2.83 bits per heavy atom. The van der Waals surface area contributed by atoms with Gasteiger partial charge < -0.3 is 0 Å². The molecule has 0 N–H and O–H groups in total. The SMILES string of the molecule is CCC(C)SCc1nnc(Cl)s1. The van der Waals surface area contributed by atoms with E-state index in [0.29, 0.717) is 9.72 Å². The van der Waals surface area contributed by atoms with Gasteiger partial charge in [0.1, 0.15) is 5.01 Å². The lowest BCUT2D eigenvalue weighted by Crippen LogP contribution is -1.93. The second kappa shape index (κ2) is 5.04. The van der Waals surface area contributed by atoms with Gasteiger partial charge in [0.15, 0.2) is 0 Å². The Morgan fingerprint density at radius 1 is 1.58 bits per heavy atom. The van der Waals surface area contributed by atoms with E-state index in [4.69, 9.17) is 11.6 Å². The van der Waals surface area contributed by atoms with Crippen molar-refractivity contribution in [1.82, 2.24) is 10.2 Å². The summed E-state index contributed by atoms with van der Waals surface area (Å²) in [5.74, 6) is 0.930. The zero-order valence-corrected chi connectivity index (χ0v) is 9.47. The van der Waals surface area contributed by atoms with Gasteiger partial charge >= 0.3 is 0 Å². The molecule has 0 aliphatic rings. The number of aromatic nitrogens is 2. The number of halogens is 1. The Labute approximate surface area is 85.7 Å². The number of rotatable bonds is 4. The van der Waals surface area contributed by atoms with Crippen molar-refractivity contribution in [3.05, 3.63) is 9.47 Å². The standard InChI is InChI=1S/C7H11ClN2S2/c1-3-5(2)11-4-6-9-10-7(8)12-6/h5H,3-4H2,1-2H3. The summed E-state index contributed by atoms with van der Waals surface area (Å²) in [5.41, 5.74) is 0. The number of thioether (sulfide) groups is 1.